The van der Waals surface area contributed by atoms with Crippen LogP contribution in [0.5, 0.6) is 0 Å². The number of benzene rings is 1. The summed E-state index contributed by atoms with van der Waals surface area (Å²) in [6, 6.07) is 3.46. The Morgan fingerprint density at radius 1 is 1.53 bits per heavy atom. The molecule has 0 spiro atoms. The normalized spacial score (nSPS) is 9.80. The molecule has 15 heavy (non-hydrogen) atoms. The van der Waals surface area contributed by atoms with Crippen LogP contribution in [0.1, 0.15) is 13.3 Å². The average Bonchev–Trinajstić information content (AvgIpc) is 2.19. The number of carbonyl (C=O) groups is 1. The summed E-state index contributed by atoms with van der Waals surface area (Å²) < 4.78 is 12.7. The number of urea groups is 1. The molecule has 1 rings (SSSR count). The third kappa shape index (κ3) is 3.75. The third-order valence-electron chi connectivity index (χ3n) is 1.71. The average molecular weight is 231 g/mol. The van der Waals surface area contributed by atoms with E-state index >= 15 is 0 Å². The van der Waals surface area contributed by atoms with Gasteiger partial charge in [-0.2, -0.15) is 0 Å². The summed E-state index contributed by atoms with van der Waals surface area (Å²) >= 11 is 5.73. The molecule has 1 aromatic carbocycles. The van der Waals surface area contributed by atoms with Crippen LogP contribution in [-0.2, 0) is 0 Å². The van der Waals surface area contributed by atoms with Crippen LogP contribution in [0.15, 0.2) is 18.2 Å². The maximum Gasteiger partial charge on any atom is 0.319 e. The molecular weight excluding hydrogens is 219 g/mol. The van der Waals surface area contributed by atoms with Crippen LogP contribution in [0.3, 0.4) is 0 Å². The number of nitrogens with one attached hydrogen (secondary N) is 2. The molecule has 82 valence electrons. The molecule has 0 fully saturated rings. The lowest BCUT2D eigenvalue weighted by Gasteiger charge is -2.07. The predicted molar refractivity (Wildman–Crippen MR) is 58.7 cm³/mol. The Balaban J connectivity index is 2.60. The molecule has 3 nitrogen and oxygen atoms in total. The minimum Gasteiger partial charge on any atom is -0.338 e. The second-order valence-electron chi connectivity index (χ2n) is 3.01. The van der Waals surface area contributed by atoms with E-state index in [-0.39, 0.29) is 11.1 Å². The Morgan fingerprint density at radius 2 is 2.27 bits per heavy atom. The Labute approximate surface area is 92.6 Å². The van der Waals surface area contributed by atoms with E-state index in [0.29, 0.717) is 12.2 Å². The maximum absolute atomic E-state index is 12.7. The molecule has 0 aliphatic heterocycles. The predicted octanol–water partition coefficient (Wildman–Crippen LogP) is 3.01. The number of hydrogen-bond donors (Lipinski definition) is 2. The Morgan fingerprint density at radius 3 is 2.87 bits per heavy atom. The SMILES string of the molecule is CCCNC(=O)Nc1ccc(F)cc1Cl. The quantitative estimate of drug-likeness (QED) is 0.824. The Kier molecular flexibility index (Phi) is 4.37. The zero-order valence-corrected chi connectivity index (χ0v) is 9.07. The fourth-order valence-electron chi connectivity index (χ4n) is 0.996. The highest BCUT2D eigenvalue weighted by Crippen LogP contribution is 2.21. The highest BCUT2D eigenvalue weighted by Gasteiger charge is 2.05. The first-order valence-electron chi connectivity index (χ1n) is 4.63. The van der Waals surface area contributed by atoms with Crippen LogP contribution in [0.2, 0.25) is 5.02 Å². The van der Waals surface area contributed by atoms with E-state index in [1.54, 1.807) is 0 Å². The molecule has 2 N–H and O–H groups in total. The smallest absolute Gasteiger partial charge is 0.319 e. The van der Waals surface area contributed by atoms with Crippen LogP contribution in [0.4, 0.5) is 14.9 Å². The third-order valence-corrected chi connectivity index (χ3v) is 2.03. The van der Waals surface area contributed by atoms with E-state index in [1.165, 1.54) is 12.1 Å². The Bertz CT molecular complexity index is 357. The monoisotopic (exact) mass is 230 g/mol. The molecule has 0 atom stereocenters. The van der Waals surface area contributed by atoms with Gasteiger partial charge in [0.05, 0.1) is 10.7 Å². The number of halogens is 2. The van der Waals surface area contributed by atoms with Gasteiger partial charge >= 0.3 is 6.03 Å². The first-order chi connectivity index (χ1) is 7.13. The molecule has 5 heteroatoms. The molecule has 1 aromatic rings. The summed E-state index contributed by atoms with van der Waals surface area (Å²) in [6.07, 6.45) is 0.852. The zero-order valence-electron chi connectivity index (χ0n) is 8.31. The minimum absolute atomic E-state index is 0.182. The second kappa shape index (κ2) is 5.56. The fraction of sp³-hybridized carbons (Fsp3) is 0.300. The molecule has 0 unspecified atom stereocenters. The number of hydrogen-bond acceptors (Lipinski definition) is 1. The highest BCUT2D eigenvalue weighted by atomic mass is 35.5. The molecule has 0 aliphatic rings. The summed E-state index contributed by atoms with van der Waals surface area (Å²) in [5.41, 5.74) is 0.395. The maximum atomic E-state index is 12.7. The van der Waals surface area contributed by atoms with Crippen molar-refractivity contribution in [3.05, 3.63) is 29.0 Å². The van der Waals surface area contributed by atoms with Gasteiger partial charge in [-0.3, -0.25) is 0 Å². The minimum atomic E-state index is -0.431. The molecule has 0 saturated carbocycles. The number of rotatable bonds is 3. The largest absolute Gasteiger partial charge is 0.338 e. The van der Waals surface area contributed by atoms with Gasteiger partial charge in [-0.1, -0.05) is 18.5 Å². The van der Waals surface area contributed by atoms with Crippen molar-refractivity contribution in [2.45, 2.75) is 13.3 Å². The van der Waals surface area contributed by atoms with Crippen molar-refractivity contribution in [2.75, 3.05) is 11.9 Å². The van der Waals surface area contributed by atoms with Crippen molar-refractivity contribution >= 4 is 23.3 Å². The van der Waals surface area contributed by atoms with E-state index < -0.39 is 5.82 Å². The second-order valence-corrected chi connectivity index (χ2v) is 3.41. The van der Waals surface area contributed by atoms with Gasteiger partial charge in [0, 0.05) is 6.54 Å². The van der Waals surface area contributed by atoms with E-state index in [2.05, 4.69) is 10.6 Å². The molecule has 0 aliphatic carbocycles. The molecule has 0 aromatic heterocycles. The van der Waals surface area contributed by atoms with Gasteiger partial charge in [0.2, 0.25) is 0 Å². The lowest BCUT2D eigenvalue weighted by molar-refractivity contribution is 0.252. The summed E-state index contributed by atoms with van der Waals surface area (Å²) in [7, 11) is 0. The highest BCUT2D eigenvalue weighted by molar-refractivity contribution is 6.33. The molecule has 2 amide bonds. The topological polar surface area (TPSA) is 41.1 Å². The van der Waals surface area contributed by atoms with Gasteiger partial charge in [-0.05, 0) is 24.6 Å². The van der Waals surface area contributed by atoms with Gasteiger partial charge in [0.1, 0.15) is 5.82 Å². The van der Waals surface area contributed by atoms with Crippen molar-refractivity contribution in [3.8, 4) is 0 Å². The number of carbonyl (C=O) groups excluding carboxylic acids is 1. The molecular formula is C10H12ClFN2O. The summed E-state index contributed by atoms with van der Waals surface area (Å²) in [5.74, 6) is -0.431. The van der Waals surface area contributed by atoms with Crippen LogP contribution >= 0.6 is 11.6 Å². The van der Waals surface area contributed by atoms with Crippen molar-refractivity contribution in [3.63, 3.8) is 0 Å². The van der Waals surface area contributed by atoms with E-state index in [0.717, 1.165) is 12.5 Å². The van der Waals surface area contributed by atoms with Gasteiger partial charge in [0.25, 0.3) is 0 Å². The Hall–Kier alpha value is -1.29. The van der Waals surface area contributed by atoms with Gasteiger partial charge < -0.3 is 10.6 Å². The first-order valence-corrected chi connectivity index (χ1v) is 5.01. The fourth-order valence-corrected chi connectivity index (χ4v) is 1.21. The van der Waals surface area contributed by atoms with Crippen molar-refractivity contribution in [1.82, 2.24) is 5.32 Å². The van der Waals surface area contributed by atoms with Crippen LogP contribution in [-0.4, -0.2) is 12.6 Å². The van der Waals surface area contributed by atoms with Crippen LogP contribution < -0.4 is 10.6 Å². The van der Waals surface area contributed by atoms with E-state index in [9.17, 15) is 9.18 Å². The summed E-state index contributed by atoms with van der Waals surface area (Å²) in [5, 5.41) is 5.33. The lowest BCUT2D eigenvalue weighted by Crippen LogP contribution is -2.29. The first kappa shape index (κ1) is 11.8. The van der Waals surface area contributed by atoms with Gasteiger partial charge in [-0.15, -0.1) is 0 Å². The van der Waals surface area contributed by atoms with Crippen molar-refractivity contribution in [1.29, 1.82) is 0 Å². The van der Waals surface area contributed by atoms with Crippen molar-refractivity contribution in [2.24, 2.45) is 0 Å². The lowest BCUT2D eigenvalue weighted by atomic mass is 10.3. The van der Waals surface area contributed by atoms with Gasteiger partial charge in [-0.25, -0.2) is 9.18 Å². The molecule has 0 heterocycles. The van der Waals surface area contributed by atoms with Crippen LogP contribution in [0.25, 0.3) is 0 Å². The van der Waals surface area contributed by atoms with Crippen molar-refractivity contribution < 1.29 is 9.18 Å². The number of anilines is 1. The summed E-state index contributed by atoms with van der Waals surface area (Å²) in [4.78, 5) is 11.2. The van der Waals surface area contributed by atoms with Crippen LogP contribution in [0, 0.1) is 5.82 Å². The number of amides is 2. The standard InChI is InChI=1S/C10H12ClFN2O/c1-2-5-13-10(15)14-9-4-3-7(12)6-8(9)11/h3-4,6H,2,5H2,1H3,(H2,13,14,15). The molecule has 0 radical (unpaired) electrons. The molecule has 0 bridgehead atoms. The summed E-state index contributed by atoms with van der Waals surface area (Å²) in [6.45, 7) is 2.54. The van der Waals surface area contributed by atoms with Gasteiger partial charge in [0.15, 0.2) is 0 Å². The van der Waals surface area contributed by atoms with E-state index in [4.69, 9.17) is 11.6 Å². The van der Waals surface area contributed by atoms with E-state index in [1.807, 2.05) is 6.92 Å². The molecule has 0 saturated heterocycles. The zero-order chi connectivity index (χ0) is 11.3.